The van der Waals surface area contributed by atoms with Gasteiger partial charge in [0.2, 0.25) is 11.9 Å². The first-order valence-electron chi connectivity index (χ1n) is 10.9. The van der Waals surface area contributed by atoms with Crippen LogP contribution < -0.4 is 5.32 Å². The largest absolute Gasteiger partial charge is 0.355 e. The summed E-state index contributed by atoms with van der Waals surface area (Å²) in [4.78, 5) is 19.9. The van der Waals surface area contributed by atoms with Crippen molar-refractivity contribution in [3.8, 4) is 0 Å². The van der Waals surface area contributed by atoms with Gasteiger partial charge in [0.15, 0.2) is 5.84 Å². The number of amides is 1. The molecule has 0 unspecified atom stereocenters. The number of hydrogen-bond acceptors (Lipinski definition) is 5. The minimum atomic E-state index is -3.64. The number of aromatic nitrogens is 2. The number of hydrogen-bond donors (Lipinski definition) is 1. The lowest BCUT2D eigenvalue weighted by Gasteiger charge is -2.32. The van der Waals surface area contributed by atoms with Crippen molar-refractivity contribution in [2.45, 2.75) is 37.6 Å². The van der Waals surface area contributed by atoms with Crippen LogP contribution in [0.2, 0.25) is 0 Å². The molecule has 2 aliphatic heterocycles. The van der Waals surface area contributed by atoms with Gasteiger partial charge in [-0.3, -0.25) is 10.1 Å². The Morgan fingerprint density at radius 1 is 1.09 bits per heavy atom. The Kier molecular flexibility index (Phi) is 5.21. The molecule has 1 N–H and O–H groups in total. The number of aryl methyl sites for hydroxylation is 1. The van der Waals surface area contributed by atoms with Crippen LogP contribution in [0.25, 0.3) is 11.0 Å². The Labute approximate surface area is 187 Å². The number of nitrogens with zero attached hydrogens (tertiary/aromatic N) is 4. The molecular weight excluding hydrogens is 426 g/mol. The number of anilines is 1. The summed E-state index contributed by atoms with van der Waals surface area (Å²) in [7, 11) is -3.64. The van der Waals surface area contributed by atoms with Crippen molar-refractivity contribution < 1.29 is 13.2 Å². The van der Waals surface area contributed by atoms with Gasteiger partial charge < -0.3 is 9.47 Å². The Morgan fingerprint density at radius 3 is 2.59 bits per heavy atom. The third kappa shape index (κ3) is 3.56. The van der Waals surface area contributed by atoms with Crippen LogP contribution >= 0.6 is 0 Å². The van der Waals surface area contributed by atoms with Gasteiger partial charge in [-0.25, -0.2) is 4.98 Å². The van der Waals surface area contributed by atoms with E-state index in [1.165, 1.54) is 0 Å². The first-order valence-corrected chi connectivity index (χ1v) is 12.4. The second-order valence-electron chi connectivity index (χ2n) is 8.21. The van der Waals surface area contributed by atoms with E-state index in [1.807, 2.05) is 35.2 Å². The minimum Gasteiger partial charge on any atom is -0.355 e. The number of likely N-dealkylation sites (tertiary alicyclic amines) is 1. The van der Waals surface area contributed by atoms with Gasteiger partial charge in [0.1, 0.15) is 4.90 Å². The first kappa shape index (κ1) is 20.7. The summed E-state index contributed by atoms with van der Waals surface area (Å²) >= 11 is 0. The van der Waals surface area contributed by atoms with Gasteiger partial charge in [-0.15, -0.1) is 4.40 Å². The molecule has 8 nitrogen and oxygen atoms in total. The van der Waals surface area contributed by atoms with E-state index in [-0.39, 0.29) is 16.7 Å². The van der Waals surface area contributed by atoms with E-state index in [1.54, 1.807) is 18.2 Å². The zero-order chi connectivity index (χ0) is 22.3. The molecule has 0 radical (unpaired) electrons. The fraction of sp³-hybridized carbons (Fsp3) is 0.348. The number of sulfonamides is 1. The summed E-state index contributed by atoms with van der Waals surface area (Å²) in [6, 6.07) is 14.8. The third-order valence-corrected chi connectivity index (χ3v) is 7.44. The minimum absolute atomic E-state index is 0.0429. The summed E-state index contributed by atoms with van der Waals surface area (Å²) in [5.74, 6) is 0.874. The van der Waals surface area contributed by atoms with E-state index in [9.17, 15) is 13.2 Å². The smallest absolute Gasteiger partial charge is 0.285 e. The van der Waals surface area contributed by atoms with Gasteiger partial charge in [0.05, 0.1) is 11.0 Å². The highest BCUT2D eigenvalue weighted by molar-refractivity contribution is 7.90. The Morgan fingerprint density at radius 2 is 1.81 bits per heavy atom. The van der Waals surface area contributed by atoms with E-state index >= 15 is 0 Å². The molecule has 0 atom stereocenters. The standard InChI is InChI=1S/C23H25N5O3S/c1-2-13-28-19-9-5-4-8-18(19)24-23(28)25-22(29)16-11-14-27(15-12-16)21-17-7-3-6-10-20(17)32(30,31)26-21/h3-10,16H,2,11-15H2,1H3,(H,24,25,29). The number of carbonyl (C=O) groups is 1. The molecule has 2 aromatic carbocycles. The molecule has 1 fully saturated rings. The number of amidine groups is 1. The second-order valence-corrected chi connectivity index (χ2v) is 9.78. The van der Waals surface area contributed by atoms with Crippen LogP contribution in [0.1, 0.15) is 31.7 Å². The number of nitrogens with one attached hydrogen (secondary N) is 1. The highest BCUT2D eigenvalue weighted by Gasteiger charge is 2.34. The van der Waals surface area contributed by atoms with Crippen molar-refractivity contribution in [2.75, 3.05) is 18.4 Å². The lowest BCUT2D eigenvalue weighted by atomic mass is 9.95. The number of imidazole rings is 1. The molecule has 1 amide bonds. The zero-order valence-electron chi connectivity index (χ0n) is 17.9. The monoisotopic (exact) mass is 451 g/mol. The molecule has 0 spiro atoms. The number of piperidine rings is 1. The van der Waals surface area contributed by atoms with Gasteiger partial charge >= 0.3 is 0 Å². The first-order chi connectivity index (χ1) is 15.5. The maximum Gasteiger partial charge on any atom is 0.285 e. The second kappa shape index (κ2) is 8.05. The van der Waals surface area contributed by atoms with E-state index in [0.717, 1.165) is 24.0 Å². The van der Waals surface area contributed by atoms with Crippen LogP contribution in [0.3, 0.4) is 0 Å². The Bertz CT molecular complexity index is 1320. The van der Waals surface area contributed by atoms with Crippen molar-refractivity contribution in [2.24, 2.45) is 10.3 Å². The van der Waals surface area contributed by atoms with Crippen molar-refractivity contribution in [3.63, 3.8) is 0 Å². The number of rotatable bonds is 4. The van der Waals surface area contributed by atoms with Gasteiger partial charge in [-0.05, 0) is 43.5 Å². The average molecular weight is 452 g/mol. The number of benzene rings is 2. The summed E-state index contributed by atoms with van der Waals surface area (Å²) in [6.07, 6.45) is 2.19. The molecule has 1 saturated heterocycles. The van der Waals surface area contributed by atoms with Crippen LogP contribution in [-0.4, -0.2) is 47.7 Å². The van der Waals surface area contributed by atoms with Crippen molar-refractivity contribution in [1.29, 1.82) is 0 Å². The van der Waals surface area contributed by atoms with Crippen molar-refractivity contribution in [3.05, 3.63) is 54.1 Å². The quantitative estimate of drug-likeness (QED) is 0.657. The van der Waals surface area contributed by atoms with Crippen LogP contribution in [0.15, 0.2) is 57.8 Å². The van der Waals surface area contributed by atoms with Gasteiger partial charge in [0.25, 0.3) is 10.0 Å². The molecule has 3 heterocycles. The molecule has 0 aliphatic carbocycles. The van der Waals surface area contributed by atoms with Crippen molar-refractivity contribution in [1.82, 2.24) is 14.5 Å². The topological polar surface area (TPSA) is 96.7 Å². The molecule has 5 rings (SSSR count). The molecule has 32 heavy (non-hydrogen) atoms. The number of para-hydroxylation sites is 2. The summed E-state index contributed by atoms with van der Waals surface area (Å²) in [6.45, 7) is 4.03. The summed E-state index contributed by atoms with van der Waals surface area (Å²) in [5.41, 5.74) is 2.52. The van der Waals surface area contributed by atoms with E-state index in [2.05, 4.69) is 26.2 Å². The Hall–Kier alpha value is -3.20. The highest BCUT2D eigenvalue weighted by Crippen LogP contribution is 2.30. The lowest BCUT2D eigenvalue weighted by molar-refractivity contribution is -0.121. The zero-order valence-corrected chi connectivity index (χ0v) is 18.7. The Balaban J connectivity index is 1.29. The van der Waals surface area contributed by atoms with Crippen LogP contribution in [0.4, 0.5) is 5.95 Å². The van der Waals surface area contributed by atoms with Gasteiger partial charge in [0, 0.05) is 31.1 Å². The molecule has 0 saturated carbocycles. The lowest BCUT2D eigenvalue weighted by Crippen LogP contribution is -2.41. The van der Waals surface area contributed by atoms with E-state index in [4.69, 9.17) is 0 Å². The predicted molar refractivity (Wildman–Crippen MR) is 123 cm³/mol. The fourth-order valence-electron chi connectivity index (χ4n) is 4.50. The van der Waals surface area contributed by atoms with Gasteiger partial charge in [-0.2, -0.15) is 8.42 Å². The predicted octanol–water partition coefficient (Wildman–Crippen LogP) is 3.25. The molecule has 166 valence electrons. The molecular formula is C23H25N5O3S. The van der Waals surface area contributed by atoms with Crippen LogP contribution in [0, 0.1) is 5.92 Å². The maximum atomic E-state index is 13.0. The highest BCUT2D eigenvalue weighted by atomic mass is 32.2. The SMILES string of the molecule is CCCn1c(NC(=O)C2CCN(C3=NS(=O)(=O)c4ccccc43)CC2)nc2ccccc21. The number of carbonyl (C=O) groups excluding carboxylic acids is 1. The molecule has 1 aromatic heterocycles. The van der Waals surface area contributed by atoms with Crippen LogP contribution in [-0.2, 0) is 21.4 Å². The maximum absolute atomic E-state index is 13.0. The summed E-state index contributed by atoms with van der Waals surface area (Å²) < 4.78 is 30.8. The number of fused-ring (bicyclic) bond motifs is 2. The van der Waals surface area contributed by atoms with E-state index < -0.39 is 10.0 Å². The molecule has 3 aromatic rings. The molecule has 2 aliphatic rings. The van der Waals surface area contributed by atoms with Crippen molar-refractivity contribution >= 4 is 38.7 Å². The van der Waals surface area contributed by atoms with Crippen LogP contribution in [0.5, 0.6) is 0 Å². The third-order valence-electron chi connectivity index (χ3n) is 6.11. The van der Waals surface area contributed by atoms with Gasteiger partial charge in [-0.1, -0.05) is 31.2 Å². The average Bonchev–Trinajstić information content (AvgIpc) is 3.29. The normalized spacial score (nSPS) is 17.9. The molecule has 9 heteroatoms. The summed E-state index contributed by atoms with van der Waals surface area (Å²) in [5, 5.41) is 3.04. The molecule has 0 bridgehead atoms. The van der Waals surface area contributed by atoms with E-state index in [0.29, 0.717) is 43.3 Å². The fourth-order valence-corrected chi connectivity index (χ4v) is 5.73.